The van der Waals surface area contributed by atoms with Gasteiger partial charge >= 0.3 is 6.03 Å². The van der Waals surface area contributed by atoms with Crippen LogP contribution >= 0.6 is 0 Å². The van der Waals surface area contributed by atoms with Gasteiger partial charge in [0.1, 0.15) is 0 Å². The van der Waals surface area contributed by atoms with Crippen molar-refractivity contribution in [1.29, 1.82) is 0 Å². The van der Waals surface area contributed by atoms with Gasteiger partial charge in [0.05, 0.1) is 17.2 Å². The number of piperazine rings is 1. The molecule has 2 unspecified atom stereocenters. The second kappa shape index (κ2) is 9.42. The van der Waals surface area contributed by atoms with Gasteiger partial charge in [-0.1, -0.05) is 19.9 Å². The number of nitro groups is 1. The van der Waals surface area contributed by atoms with Crippen LogP contribution in [0.15, 0.2) is 18.2 Å². The summed E-state index contributed by atoms with van der Waals surface area (Å²) in [6.45, 7) is 10.5. The Hall–Kier alpha value is -2.68. The summed E-state index contributed by atoms with van der Waals surface area (Å²) in [6, 6.07) is 4.15. The van der Waals surface area contributed by atoms with Gasteiger partial charge in [0.15, 0.2) is 0 Å². The summed E-state index contributed by atoms with van der Waals surface area (Å²) in [6.07, 6.45) is 1.17. The van der Waals surface area contributed by atoms with Crippen LogP contribution in [0.5, 0.6) is 0 Å². The fourth-order valence-electron chi connectivity index (χ4n) is 4.32. The number of non-ortho nitro benzene ring substituents is 1. The number of urea groups is 1. The van der Waals surface area contributed by atoms with Crippen molar-refractivity contribution in [1.82, 2.24) is 14.7 Å². The summed E-state index contributed by atoms with van der Waals surface area (Å²) in [4.78, 5) is 41.5. The number of nitrogens with zero attached hydrogens (tertiary/aromatic N) is 4. The molecule has 2 saturated heterocycles. The number of rotatable bonds is 4. The van der Waals surface area contributed by atoms with Gasteiger partial charge in [0.2, 0.25) is 5.91 Å². The summed E-state index contributed by atoms with van der Waals surface area (Å²) in [7, 11) is 0. The van der Waals surface area contributed by atoms with Gasteiger partial charge in [0, 0.05) is 51.4 Å². The van der Waals surface area contributed by atoms with E-state index in [0.29, 0.717) is 50.2 Å². The van der Waals surface area contributed by atoms with Crippen LogP contribution in [0, 0.1) is 28.9 Å². The van der Waals surface area contributed by atoms with E-state index in [9.17, 15) is 19.7 Å². The lowest BCUT2D eigenvalue weighted by Gasteiger charge is -2.38. The van der Waals surface area contributed by atoms with Gasteiger partial charge in [-0.2, -0.15) is 0 Å². The lowest BCUT2D eigenvalue weighted by atomic mass is 9.92. The van der Waals surface area contributed by atoms with E-state index in [1.165, 1.54) is 18.6 Å². The molecule has 2 heterocycles. The summed E-state index contributed by atoms with van der Waals surface area (Å²) < 4.78 is 0. The number of nitro benzene ring substituents is 1. The van der Waals surface area contributed by atoms with Crippen LogP contribution in [0.4, 0.5) is 16.2 Å². The molecule has 1 aromatic carbocycles. The molecule has 2 aliphatic rings. The van der Waals surface area contributed by atoms with Crippen molar-refractivity contribution in [3.63, 3.8) is 0 Å². The highest BCUT2D eigenvalue weighted by molar-refractivity contribution is 5.90. The molecule has 2 atom stereocenters. The zero-order chi connectivity index (χ0) is 21.8. The molecule has 1 aromatic rings. The number of nitrogens with one attached hydrogen (secondary N) is 1. The van der Waals surface area contributed by atoms with E-state index in [2.05, 4.69) is 24.1 Å². The number of carbonyl (C=O) groups is 2. The largest absolute Gasteiger partial charge is 0.341 e. The number of anilines is 1. The normalized spacial score (nSPS) is 22.6. The molecule has 2 aliphatic heterocycles. The quantitative estimate of drug-likeness (QED) is 0.600. The average molecular weight is 418 g/mol. The molecule has 3 rings (SSSR count). The van der Waals surface area contributed by atoms with Crippen LogP contribution in [-0.2, 0) is 4.79 Å². The Morgan fingerprint density at radius 2 is 1.73 bits per heavy atom. The number of piperidine rings is 1. The molecular formula is C21H31N5O4. The monoisotopic (exact) mass is 417 g/mol. The lowest BCUT2D eigenvalue weighted by molar-refractivity contribution is -0.384. The summed E-state index contributed by atoms with van der Waals surface area (Å²) >= 11 is 0. The van der Waals surface area contributed by atoms with Crippen LogP contribution in [0.3, 0.4) is 0 Å². The molecule has 2 fully saturated rings. The SMILES string of the molecule is Cc1ccc([N+](=O)[O-])cc1NC(=O)N1CCN(CC(=O)N2CC(C)CC(C)C2)CC1. The maximum Gasteiger partial charge on any atom is 0.321 e. The Morgan fingerprint density at radius 1 is 1.10 bits per heavy atom. The average Bonchev–Trinajstić information content (AvgIpc) is 2.69. The van der Waals surface area contributed by atoms with Crippen LogP contribution in [-0.4, -0.2) is 77.4 Å². The Balaban J connectivity index is 1.49. The maximum absolute atomic E-state index is 12.7. The van der Waals surface area contributed by atoms with Crippen molar-refractivity contribution in [3.8, 4) is 0 Å². The van der Waals surface area contributed by atoms with E-state index in [4.69, 9.17) is 0 Å². The van der Waals surface area contributed by atoms with Crippen LogP contribution in [0.2, 0.25) is 0 Å². The summed E-state index contributed by atoms with van der Waals surface area (Å²) in [5, 5.41) is 13.8. The van der Waals surface area contributed by atoms with E-state index in [1.54, 1.807) is 17.9 Å². The van der Waals surface area contributed by atoms with E-state index >= 15 is 0 Å². The molecule has 3 amide bonds. The zero-order valence-corrected chi connectivity index (χ0v) is 18.0. The van der Waals surface area contributed by atoms with Crippen molar-refractivity contribution in [2.75, 3.05) is 51.1 Å². The minimum atomic E-state index is -0.477. The topological polar surface area (TPSA) is 99.0 Å². The van der Waals surface area contributed by atoms with Gasteiger partial charge in [-0.25, -0.2) is 4.79 Å². The van der Waals surface area contributed by atoms with E-state index < -0.39 is 4.92 Å². The first-order chi connectivity index (χ1) is 14.2. The molecule has 9 nitrogen and oxygen atoms in total. The van der Waals surface area contributed by atoms with Crippen molar-refractivity contribution >= 4 is 23.3 Å². The smallest absolute Gasteiger partial charge is 0.321 e. The Labute approximate surface area is 177 Å². The molecule has 0 bridgehead atoms. The third-order valence-corrected chi connectivity index (χ3v) is 5.91. The van der Waals surface area contributed by atoms with Crippen LogP contribution < -0.4 is 5.32 Å². The van der Waals surface area contributed by atoms with Gasteiger partial charge in [-0.15, -0.1) is 0 Å². The molecular weight excluding hydrogens is 386 g/mol. The third-order valence-electron chi connectivity index (χ3n) is 5.91. The number of amides is 3. The van der Waals surface area contributed by atoms with E-state index in [1.807, 2.05) is 4.90 Å². The first-order valence-electron chi connectivity index (χ1n) is 10.5. The Kier molecular flexibility index (Phi) is 6.91. The number of carbonyl (C=O) groups excluding carboxylic acids is 2. The molecule has 0 saturated carbocycles. The molecule has 0 radical (unpaired) electrons. The number of likely N-dealkylation sites (tertiary alicyclic amines) is 1. The molecule has 0 aromatic heterocycles. The van der Waals surface area contributed by atoms with E-state index in [-0.39, 0.29) is 17.6 Å². The van der Waals surface area contributed by atoms with Crippen LogP contribution in [0.1, 0.15) is 25.8 Å². The number of hydrogen-bond donors (Lipinski definition) is 1. The number of benzene rings is 1. The molecule has 0 aliphatic carbocycles. The molecule has 1 N–H and O–H groups in total. The van der Waals surface area contributed by atoms with E-state index in [0.717, 1.165) is 18.7 Å². The number of aryl methyl sites for hydroxylation is 1. The highest BCUT2D eigenvalue weighted by Crippen LogP contribution is 2.23. The van der Waals surface area contributed by atoms with Gasteiger partial charge in [-0.05, 0) is 30.7 Å². The Bertz CT molecular complexity index is 797. The lowest BCUT2D eigenvalue weighted by Crippen LogP contribution is -2.53. The maximum atomic E-state index is 12.7. The predicted octanol–water partition coefficient (Wildman–Crippen LogP) is 2.56. The van der Waals surface area contributed by atoms with Crippen molar-refractivity contribution < 1.29 is 14.5 Å². The molecule has 9 heteroatoms. The molecule has 30 heavy (non-hydrogen) atoms. The fourth-order valence-corrected chi connectivity index (χ4v) is 4.32. The highest BCUT2D eigenvalue weighted by Gasteiger charge is 2.28. The fraction of sp³-hybridized carbons (Fsp3) is 0.619. The second-order valence-corrected chi connectivity index (χ2v) is 8.69. The predicted molar refractivity (Wildman–Crippen MR) is 114 cm³/mol. The van der Waals surface area contributed by atoms with Crippen molar-refractivity contribution in [3.05, 3.63) is 33.9 Å². The van der Waals surface area contributed by atoms with Crippen molar-refractivity contribution in [2.24, 2.45) is 11.8 Å². The van der Waals surface area contributed by atoms with Gasteiger partial charge < -0.3 is 15.1 Å². The number of hydrogen-bond acceptors (Lipinski definition) is 5. The Morgan fingerprint density at radius 3 is 2.33 bits per heavy atom. The first-order valence-corrected chi connectivity index (χ1v) is 10.5. The summed E-state index contributed by atoms with van der Waals surface area (Å²) in [5.41, 5.74) is 1.16. The van der Waals surface area contributed by atoms with Crippen LogP contribution in [0.25, 0.3) is 0 Å². The molecule has 164 valence electrons. The van der Waals surface area contributed by atoms with Crippen molar-refractivity contribution in [2.45, 2.75) is 27.2 Å². The van der Waals surface area contributed by atoms with Gasteiger partial charge in [-0.3, -0.25) is 19.8 Å². The minimum Gasteiger partial charge on any atom is -0.341 e. The van der Waals surface area contributed by atoms with Gasteiger partial charge in [0.25, 0.3) is 5.69 Å². The zero-order valence-electron chi connectivity index (χ0n) is 18.0. The first kappa shape index (κ1) is 22.0. The third kappa shape index (κ3) is 5.47. The highest BCUT2D eigenvalue weighted by atomic mass is 16.6. The second-order valence-electron chi connectivity index (χ2n) is 8.69. The summed E-state index contributed by atoms with van der Waals surface area (Å²) in [5.74, 6) is 1.24. The minimum absolute atomic E-state index is 0.0550. The standard InChI is InChI=1S/C21H31N5O4/c1-15-10-16(2)13-25(12-15)20(27)14-23-6-8-24(9-7-23)21(28)22-19-11-18(26(29)30)5-4-17(19)3/h4-5,11,15-16H,6-10,12-14H2,1-3H3,(H,22,28). The molecule has 0 spiro atoms.